The van der Waals surface area contributed by atoms with Crippen LogP contribution < -0.4 is 5.14 Å². The van der Waals surface area contributed by atoms with E-state index in [2.05, 4.69) is 9.63 Å². The lowest BCUT2D eigenvalue weighted by Gasteiger charge is -1.97. The van der Waals surface area contributed by atoms with Gasteiger partial charge in [-0.05, 0) is 22.7 Å². The first-order chi connectivity index (χ1) is 7.18. The molecule has 1 aromatic rings. The zero-order chi connectivity index (χ0) is 12.4. The number of nitrogens with zero attached hydrogens (tertiary/aromatic N) is 2. The lowest BCUT2D eigenvalue weighted by atomic mass is 10.3. The van der Waals surface area contributed by atoms with E-state index in [0.29, 0.717) is 0 Å². The number of sulfonamides is 1. The molecule has 0 saturated carbocycles. The van der Waals surface area contributed by atoms with Gasteiger partial charge in [-0.1, -0.05) is 6.07 Å². The van der Waals surface area contributed by atoms with Crippen LogP contribution in [0.1, 0.15) is 0 Å². The fourth-order valence-electron chi connectivity index (χ4n) is 0.821. The molecule has 0 saturated heterocycles. The molecule has 16 heavy (non-hydrogen) atoms. The quantitative estimate of drug-likeness (QED) is 0.594. The van der Waals surface area contributed by atoms with Crippen LogP contribution in [-0.2, 0) is 20.3 Å². The number of rotatable bonds is 3. The lowest BCUT2D eigenvalue weighted by molar-refractivity contribution is 0.482. The summed E-state index contributed by atoms with van der Waals surface area (Å²) in [7, 11) is -8.49. The standard InChI is InChI=1S/C6H7N3O5S2/c7-15(10,11)6-3-1-2-5(4-6)8-9-16(12,13)14/h1-4H,(H2,7,10,11)(H,12,13,14). The largest absolute Gasteiger partial charge is 0.396 e. The fourth-order valence-corrected chi connectivity index (χ4v) is 1.57. The second-order valence-corrected chi connectivity index (χ2v) is 5.29. The van der Waals surface area contributed by atoms with Crippen molar-refractivity contribution in [3.05, 3.63) is 24.3 Å². The Hall–Kier alpha value is -1.36. The van der Waals surface area contributed by atoms with E-state index in [1.165, 1.54) is 18.2 Å². The Bertz CT molecular complexity index is 619. The van der Waals surface area contributed by atoms with Gasteiger partial charge in [-0.15, -0.1) is 5.11 Å². The third kappa shape index (κ3) is 4.02. The van der Waals surface area contributed by atoms with Crippen molar-refractivity contribution in [1.29, 1.82) is 0 Å². The van der Waals surface area contributed by atoms with Crippen LogP contribution in [0.3, 0.4) is 0 Å². The summed E-state index contributed by atoms with van der Waals surface area (Å²) in [4.78, 5) is -0.237. The van der Waals surface area contributed by atoms with Crippen molar-refractivity contribution in [2.75, 3.05) is 0 Å². The van der Waals surface area contributed by atoms with Crippen LogP contribution in [0, 0.1) is 0 Å². The first-order valence-electron chi connectivity index (χ1n) is 3.72. The summed E-state index contributed by atoms with van der Waals surface area (Å²) < 4.78 is 53.2. The highest BCUT2D eigenvalue weighted by molar-refractivity contribution is 7.89. The summed E-state index contributed by atoms with van der Waals surface area (Å²) in [5, 5.41) is 7.96. The zero-order valence-corrected chi connectivity index (χ0v) is 9.31. The van der Waals surface area contributed by atoms with Crippen molar-refractivity contribution in [2.45, 2.75) is 4.90 Å². The van der Waals surface area contributed by atoms with Crippen molar-refractivity contribution in [3.8, 4) is 0 Å². The molecule has 0 radical (unpaired) electrons. The van der Waals surface area contributed by atoms with Gasteiger partial charge in [0.1, 0.15) is 0 Å². The molecule has 0 atom stereocenters. The van der Waals surface area contributed by atoms with E-state index in [9.17, 15) is 16.8 Å². The van der Waals surface area contributed by atoms with Gasteiger partial charge in [-0.3, -0.25) is 4.55 Å². The van der Waals surface area contributed by atoms with Crippen molar-refractivity contribution in [2.24, 2.45) is 14.8 Å². The summed E-state index contributed by atoms with van der Waals surface area (Å²) in [6, 6.07) is 4.83. The Labute approximate surface area is 91.7 Å². The number of hydrogen-bond acceptors (Lipinski definition) is 5. The third-order valence-corrected chi connectivity index (χ3v) is 2.60. The molecular weight excluding hydrogens is 258 g/mol. The molecule has 0 unspecified atom stereocenters. The fraction of sp³-hybridized carbons (Fsp3) is 0. The summed E-state index contributed by atoms with van der Waals surface area (Å²) in [6.07, 6.45) is 0. The summed E-state index contributed by atoms with van der Waals surface area (Å²) in [6.45, 7) is 0. The van der Waals surface area contributed by atoms with Gasteiger partial charge in [0.15, 0.2) is 0 Å². The molecule has 1 aromatic carbocycles. The van der Waals surface area contributed by atoms with Gasteiger partial charge in [0.05, 0.1) is 10.6 Å². The smallest absolute Gasteiger partial charge is 0.267 e. The van der Waals surface area contributed by atoms with Crippen molar-refractivity contribution >= 4 is 26.0 Å². The Kier molecular flexibility index (Phi) is 3.38. The minimum atomic E-state index is -4.59. The number of nitrogens with two attached hydrogens (primary N) is 1. The molecule has 8 nitrogen and oxygen atoms in total. The molecule has 0 aromatic heterocycles. The normalized spacial score (nSPS) is 13.1. The zero-order valence-electron chi connectivity index (χ0n) is 7.68. The minimum Gasteiger partial charge on any atom is -0.267 e. The van der Waals surface area contributed by atoms with E-state index in [4.69, 9.17) is 9.69 Å². The van der Waals surface area contributed by atoms with Gasteiger partial charge in [-0.25, -0.2) is 13.6 Å². The Balaban J connectivity index is 3.15. The van der Waals surface area contributed by atoms with Crippen molar-refractivity contribution in [1.82, 2.24) is 0 Å². The number of hydrogen-bond donors (Lipinski definition) is 2. The first kappa shape index (κ1) is 12.7. The maximum Gasteiger partial charge on any atom is 0.396 e. The molecule has 0 amide bonds. The topological polar surface area (TPSA) is 139 Å². The maximum atomic E-state index is 10.9. The molecule has 0 fully saturated rings. The van der Waals surface area contributed by atoms with Crippen LogP contribution >= 0.6 is 0 Å². The average molecular weight is 265 g/mol. The summed E-state index contributed by atoms with van der Waals surface area (Å²) in [5.41, 5.74) is -0.0656. The van der Waals surface area contributed by atoms with Gasteiger partial charge in [-0.2, -0.15) is 8.42 Å². The van der Waals surface area contributed by atoms with E-state index in [1.54, 1.807) is 0 Å². The van der Waals surface area contributed by atoms with E-state index >= 15 is 0 Å². The minimum absolute atomic E-state index is 0.0656. The van der Waals surface area contributed by atoms with Crippen LogP contribution in [-0.4, -0.2) is 21.4 Å². The lowest BCUT2D eigenvalue weighted by Crippen LogP contribution is -2.11. The molecule has 1 rings (SSSR count). The molecule has 10 heteroatoms. The predicted octanol–water partition coefficient (Wildman–Crippen LogP) is 0.221. The van der Waals surface area contributed by atoms with Crippen LogP contribution in [0.15, 0.2) is 38.8 Å². The Morgan fingerprint density at radius 1 is 1.19 bits per heavy atom. The van der Waals surface area contributed by atoms with Crippen LogP contribution in [0.5, 0.6) is 0 Å². The van der Waals surface area contributed by atoms with E-state index in [1.807, 2.05) is 0 Å². The molecule has 0 aliphatic heterocycles. The molecular formula is C6H7N3O5S2. The van der Waals surface area contributed by atoms with Gasteiger partial charge in [0, 0.05) is 0 Å². The van der Waals surface area contributed by atoms with Gasteiger partial charge >= 0.3 is 10.3 Å². The second-order valence-electron chi connectivity index (χ2n) is 2.67. The van der Waals surface area contributed by atoms with Gasteiger partial charge in [0.25, 0.3) is 0 Å². The van der Waals surface area contributed by atoms with Crippen molar-refractivity contribution < 1.29 is 21.4 Å². The monoisotopic (exact) mass is 265 g/mol. The van der Waals surface area contributed by atoms with Crippen molar-refractivity contribution in [3.63, 3.8) is 0 Å². The van der Waals surface area contributed by atoms with Crippen LogP contribution in [0.4, 0.5) is 5.69 Å². The van der Waals surface area contributed by atoms with Crippen LogP contribution in [0.25, 0.3) is 0 Å². The molecule has 0 heterocycles. The predicted molar refractivity (Wildman–Crippen MR) is 53.9 cm³/mol. The molecule has 3 N–H and O–H groups in total. The molecule has 88 valence electrons. The van der Waals surface area contributed by atoms with E-state index in [-0.39, 0.29) is 10.6 Å². The number of benzene rings is 1. The number of primary sulfonamides is 1. The molecule has 0 aliphatic carbocycles. The molecule has 0 bridgehead atoms. The first-order valence-corrected chi connectivity index (χ1v) is 6.66. The molecule has 0 aliphatic rings. The SMILES string of the molecule is NS(=O)(=O)c1cccc(N=NS(=O)(=O)O)c1. The maximum absolute atomic E-state index is 10.9. The van der Waals surface area contributed by atoms with E-state index in [0.717, 1.165) is 6.07 Å². The highest BCUT2D eigenvalue weighted by Gasteiger charge is 2.08. The highest BCUT2D eigenvalue weighted by atomic mass is 32.2. The summed E-state index contributed by atoms with van der Waals surface area (Å²) >= 11 is 0. The third-order valence-electron chi connectivity index (χ3n) is 1.41. The highest BCUT2D eigenvalue weighted by Crippen LogP contribution is 2.17. The van der Waals surface area contributed by atoms with Gasteiger partial charge in [0.2, 0.25) is 10.0 Å². The average Bonchev–Trinajstić information content (AvgIpc) is 2.13. The van der Waals surface area contributed by atoms with E-state index < -0.39 is 20.3 Å². The second kappa shape index (κ2) is 4.25. The van der Waals surface area contributed by atoms with Crippen LogP contribution in [0.2, 0.25) is 0 Å². The Morgan fingerprint density at radius 2 is 1.81 bits per heavy atom. The molecule has 0 spiro atoms. The Morgan fingerprint density at radius 3 is 2.31 bits per heavy atom. The van der Waals surface area contributed by atoms with Gasteiger partial charge < -0.3 is 0 Å². The summed E-state index contributed by atoms with van der Waals surface area (Å²) in [5.74, 6) is 0.